The molecule has 0 spiro atoms. The van der Waals surface area contributed by atoms with Crippen molar-refractivity contribution in [2.45, 2.75) is 19.0 Å². The molecule has 0 bridgehead atoms. The van der Waals surface area contributed by atoms with E-state index in [2.05, 4.69) is 20.3 Å². The second kappa shape index (κ2) is 7.04. The van der Waals surface area contributed by atoms with Crippen LogP contribution in [0.5, 0.6) is 0 Å². The SMILES string of the molecule is O=C1NC(=O)C(=Cc2ccc3ncnc(N4CCC(C(F)(F)F)CC4)c3n2)S1. The maximum atomic E-state index is 12.9. The standard InChI is InChI=1S/C17H14F3N5O2S/c18-17(19,20)9-3-5-25(6-4-9)14-13-11(21-8-22-14)2-1-10(23-13)7-12-15(26)24-16(27)28-12/h1-2,7-9H,3-6H2,(H,24,26,27). The van der Waals surface area contributed by atoms with E-state index in [0.717, 1.165) is 11.8 Å². The Morgan fingerprint density at radius 3 is 2.57 bits per heavy atom. The molecule has 4 heterocycles. The highest BCUT2D eigenvalue weighted by Gasteiger charge is 2.41. The van der Waals surface area contributed by atoms with Gasteiger partial charge in [-0.2, -0.15) is 13.2 Å². The Kier molecular flexibility index (Phi) is 4.69. The molecule has 11 heteroatoms. The van der Waals surface area contributed by atoms with Crippen molar-refractivity contribution < 1.29 is 22.8 Å². The largest absolute Gasteiger partial charge is 0.391 e. The Morgan fingerprint density at radius 1 is 1.18 bits per heavy atom. The fourth-order valence-electron chi connectivity index (χ4n) is 3.23. The van der Waals surface area contributed by atoms with E-state index in [1.807, 2.05) is 0 Å². The third kappa shape index (κ3) is 3.66. The van der Waals surface area contributed by atoms with E-state index in [4.69, 9.17) is 0 Å². The number of hydrogen-bond acceptors (Lipinski definition) is 7. The highest BCUT2D eigenvalue weighted by molar-refractivity contribution is 8.18. The molecule has 2 amide bonds. The maximum absolute atomic E-state index is 12.9. The number of hydrogen-bond donors (Lipinski definition) is 1. The smallest absolute Gasteiger partial charge is 0.355 e. The van der Waals surface area contributed by atoms with Crippen molar-refractivity contribution in [3.8, 4) is 0 Å². The number of aromatic nitrogens is 3. The zero-order valence-electron chi connectivity index (χ0n) is 14.4. The third-order valence-electron chi connectivity index (χ3n) is 4.66. The van der Waals surface area contributed by atoms with Crippen molar-refractivity contribution in [3.05, 3.63) is 29.1 Å². The average Bonchev–Trinajstić information content (AvgIpc) is 2.97. The van der Waals surface area contributed by atoms with Gasteiger partial charge in [-0.3, -0.25) is 14.9 Å². The Balaban J connectivity index is 1.64. The van der Waals surface area contributed by atoms with Crippen molar-refractivity contribution >= 4 is 45.8 Å². The van der Waals surface area contributed by atoms with Gasteiger partial charge in [-0.25, -0.2) is 15.0 Å². The Bertz CT molecular complexity index is 986. The van der Waals surface area contributed by atoms with Crippen LogP contribution in [0.4, 0.5) is 23.8 Å². The molecule has 0 atom stereocenters. The van der Waals surface area contributed by atoms with Gasteiger partial charge in [0.15, 0.2) is 5.82 Å². The highest BCUT2D eigenvalue weighted by Crippen LogP contribution is 2.36. The summed E-state index contributed by atoms with van der Waals surface area (Å²) in [6.45, 7) is 0.437. The van der Waals surface area contributed by atoms with E-state index in [1.165, 1.54) is 12.4 Å². The summed E-state index contributed by atoms with van der Waals surface area (Å²) < 4.78 is 38.7. The number of piperidine rings is 1. The molecule has 0 radical (unpaired) electrons. The van der Waals surface area contributed by atoms with Gasteiger partial charge in [-0.15, -0.1) is 0 Å². The Morgan fingerprint density at radius 2 is 1.93 bits per heavy atom. The average molecular weight is 409 g/mol. The summed E-state index contributed by atoms with van der Waals surface area (Å²) in [6, 6.07) is 3.35. The lowest BCUT2D eigenvalue weighted by molar-refractivity contribution is -0.179. The van der Waals surface area contributed by atoms with Gasteiger partial charge in [0.1, 0.15) is 11.8 Å². The molecule has 0 aromatic carbocycles. The predicted molar refractivity (Wildman–Crippen MR) is 97.4 cm³/mol. The lowest BCUT2D eigenvalue weighted by atomic mass is 9.96. The number of amides is 2. The lowest BCUT2D eigenvalue weighted by Crippen LogP contribution is -2.39. The zero-order chi connectivity index (χ0) is 19.9. The van der Waals surface area contributed by atoms with Gasteiger partial charge in [0.2, 0.25) is 0 Å². The predicted octanol–water partition coefficient (Wildman–Crippen LogP) is 3.13. The van der Waals surface area contributed by atoms with Crippen molar-refractivity contribution in [2.24, 2.45) is 5.92 Å². The first kappa shape index (κ1) is 18.7. The number of thioether (sulfide) groups is 1. The van der Waals surface area contributed by atoms with Gasteiger partial charge in [0, 0.05) is 13.1 Å². The van der Waals surface area contributed by atoms with E-state index in [0.29, 0.717) is 22.5 Å². The fraction of sp³-hybridized carbons (Fsp3) is 0.353. The molecule has 28 heavy (non-hydrogen) atoms. The molecule has 2 aromatic heterocycles. The molecule has 2 saturated heterocycles. The number of imide groups is 1. The Labute approximate surface area is 161 Å². The molecular weight excluding hydrogens is 395 g/mol. The minimum Gasteiger partial charge on any atom is -0.355 e. The van der Waals surface area contributed by atoms with Crippen LogP contribution in [0.3, 0.4) is 0 Å². The number of carbonyl (C=O) groups excluding carboxylic acids is 2. The van der Waals surface area contributed by atoms with Gasteiger partial charge < -0.3 is 4.90 Å². The van der Waals surface area contributed by atoms with Crippen molar-refractivity contribution in [3.63, 3.8) is 0 Å². The number of nitrogens with zero attached hydrogens (tertiary/aromatic N) is 4. The van der Waals surface area contributed by atoms with Crippen LogP contribution < -0.4 is 10.2 Å². The molecule has 7 nitrogen and oxygen atoms in total. The van der Waals surface area contributed by atoms with Crippen LogP contribution in [0.25, 0.3) is 17.1 Å². The molecule has 4 rings (SSSR count). The van der Waals surface area contributed by atoms with Crippen LogP contribution in [0.2, 0.25) is 0 Å². The van der Waals surface area contributed by atoms with Crippen LogP contribution in [-0.2, 0) is 4.79 Å². The summed E-state index contributed by atoms with van der Waals surface area (Å²) >= 11 is 0.782. The number of rotatable bonds is 2. The van der Waals surface area contributed by atoms with E-state index in [-0.39, 0.29) is 30.8 Å². The molecule has 2 aliphatic rings. The third-order valence-corrected chi connectivity index (χ3v) is 5.47. The van der Waals surface area contributed by atoms with Crippen molar-refractivity contribution in [1.82, 2.24) is 20.3 Å². The number of anilines is 1. The van der Waals surface area contributed by atoms with Crippen molar-refractivity contribution in [2.75, 3.05) is 18.0 Å². The molecule has 0 aliphatic carbocycles. The summed E-state index contributed by atoms with van der Waals surface area (Å²) in [5, 5.41) is 1.72. The molecule has 146 valence electrons. The van der Waals surface area contributed by atoms with Crippen LogP contribution in [0.15, 0.2) is 23.4 Å². The van der Waals surface area contributed by atoms with Crippen molar-refractivity contribution in [1.29, 1.82) is 0 Å². The first-order valence-electron chi connectivity index (χ1n) is 8.49. The number of alkyl halides is 3. The minimum absolute atomic E-state index is 0.00232. The molecule has 2 fully saturated rings. The first-order chi connectivity index (χ1) is 13.3. The van der Waals surface area contributed by atoms with Crippen LogP contribution >= 0.6 is 11.8 Å². The maximum Gasteiger partial charge on any atom is 0.391 e. The number of carbonyl (C=O) groups is 2. The number of pyridine rings is 1. The summed E-state index contributed by atoms with van der Waals surface area (Å²) in [4.78, 5) is 37.8. The zero-order valence-corrected chi connectivity index (χ0v) is 15.2. The topological polar surface area (TPSA) is 88.1 Å². The quantitative estimate of drug-likeness (QED) is 0.763. The normalized spacial score (nSPS) is 20.2. The summed E-state index contributed by atoms with van der Waals surface area (Å²) in [5.41, 5.74) is 1.42. The van der Waals surface area contributed by atoms with Crippen LogP contribution in [0.1, 0.15) is 18.5 Å². The van der Waals surface area contributed by atoms with E-state index in [1.54, 1.807) is 17.0 Å². The molecule has 1 N–H and O–H groups in total. The van der Waals surface area contributed by atoms with Gasteiger partial charge in [0.05, 0.1) is 22.0 Å². The first-order valence-corrected chi connectivity index (χ1v) is 9.31. The van der Waals surface area contributed by atoms with Gasteiger partial charge in [-0.1, -0.05) is 0 Å². The molecule has 2 aromatic rings. The number of fused-ring (bicyclic) bond motifs is 1. The molecule has 0 saturated carbocycles. The summed E-state index contributed by atoms with van der Waals surface area (Å²) in [5.74, 6) is -1.33. The summed E-state index contributed by atoms with van der Waals surface area (Å²) in [6.07, 6.45) is -1.35. The van der Waals surface area contributed by atoms with E-state index < -0.39 is 23.2 Å². The molecule has 0 unspecified atom stereocenters. The van der Waals surface area contributed by atoms with Gasteiger partial charge in [0.25, 0.3) is 11.1 Å². The highest BCUT2D eigenvalue weighted by atomic mass is 32.2. The lowest BCUT2D eigenvalue weighted by Gasteiger charge is -2.33. The Hall–Kier alpha value is -2.69. The molecule has 2 aliphatic heterocycles. The van der Waals surface area contributed by atoms with E-state index >= 15 is 0 Å². The van der Waals surface area contributed by atoms with E-state index in [9.17, 15) is 22.8 Å². The van der Waals surface area contributed by atoms with Crippen LogP contribution in [-0.4, -0.2) is 45.4 Å². The summed E-state index contributed by atoms with van der Waals surface area (Å²) in [7, 11) is 0. The second-order valence-electron chi connectivity index (χ2n) is 6.46. The minimum atomic E-state index is -4.19. The number of halogens is 3. The molecular formula is C17H14F3N5O2S. The second-order valence-corrected chi connectivity index (χ2v) is 7.47. The number of nitrogens with one attached hydrogen (secondary N) is 1. The van der Waals surface area contributed by atoms with Gasteiger partial charge in [-0.05, 0) is 42.8 Å². The van der Waals surface area contributed by atoms with Crippen LogP contribution in [0, 0.1) is 5.92 Å². The fourth-order valence-corrected chi connectivity index (χ4v) is 3.90. The van der Waals surface area contributed by atoms with Gasteiger partial charge >= 0.3 is 6.18 Å². The monoisotopic (exact) mass is 409 g/mol.